The molecule has 0 aromatic carbocycles. The van der Waals surface area contributed by atoms with Crippen LogP contribution in [0.1, 0.15) is 19.8 Å². The Hall–Kier alpha value is -0.610. The third-order valence-electron chi connectivity index (χ3n) is 2.04. The number of hydrogen-bond acceptors (Lipinski definition) is 4. The smallest absolute Gasteiger partial charge is 0.245 e. The predicted octanol–water partition coefficient (Wildman–Crippen LogP) is 2.14. The Balaban J connectivity index is 2.23. The van der Waals surface area contributed by atoms with E-state index >= 15 is 0 Å². The highest BCUT2D eigenvalue weighted by atomic mass is 35.5. The van der Waals surface area contributed by atoms with Crippen molar-refractivity contribution in [1.82, 2.24) is 15.2 Å². The van der Waals surface area contributed by atoms with E-state index in [0.717, 1.165) is 12.8 Å². The van der Waals surface area contributed by atoms with E-state index < -0.39 is 0 Å². The molecule has 70 valence electrons. The van der Waals surface area contributed by atoms with Crippen LogP contribution in [0.15, 0.2) is 0 Å². The van der Waals surface area contributed by atoms with Crippen molar-refractivity contribution in [2.75, 3.05) is 5.32 Å². The van der Waals surface area contributed by atoms with E-state index in [4.69, 9.17) is 23.2 Å². The summed E-state index contributed by atoms with van der Waals surface area (Å²) < 4.78 is 0. The average molecular weight is 219 g/mol. The molecule has 0 bridgehead atoms. The Morgan fingerprint density at radius 3 is 2.62 bits per heavy atom. The van der Waals surface area contributed by atoms with Gasteiger partial charge < -0.3 is 5.32 Å². The average Bonchev–Trinajstić information content (AvgIpc) is 2.76. The Morgan fingerprint density at radius 2 is 2.00 bits per heavy atom. The molecule has 1 aromatic heterocycles. The zero-order chi connectivity index (χ0) is 9.47. The molecule has 1 heterocycles. The second-order valence-corrected chi connectivity index (χ2v) is 4.10. The van der Waals surface area contributed by atoms with Crippen LogP contribution < -0.4 is 5.32 Å². The SMILES string of the molecule is CC1(Nc2nc(Cl)nnc2Cl)CC1. The largest absolute Gasteiger partial charge is 0.362 e. The van der Waals surface area contributed by atoms with Crippen LogP contribution in [0.3, 0.4) is 0 Å². The van der Waals surface area contributed by atoms with Crippen LogP contribution >= 0.6 is 23.2 Å². The molecule has 0 spiro atoms. The maximum atomic E-state index is 5.77. The van der Waals surface area contributed by atoms with Gasteiger partial charge in [-0.2, -0.15) is 4.98 Å². The molecule has 1 N–H and O–H groups in total. The summed E-state index contributed by atoms with van der Waals surface area (Å²) >= 11 is 11.4. The third kappa shape index (κ3) is 2.00. The van der Waals surface area contributed by atoms with Gasteiger partial charge in [0.25, 0.3) is 0 Å². The van der Waals surface area contributed by atoms with Crippen LogP contribution in [-0.2, 0) is 0 Å². The quantitative estimate of drug-likeness (QED) is 0.827. The van der Waals surface area contributed by atoms with Gasteiger partial charge in [0, 0.05) is 5.54 Å². The van der Waals surface area contributed by atoms with Gasteiger partial charge in [0.05, 0.1) is 0 Å². The molecule has 1 aliphatic carbocycles. The maximum absolute atomic E-state index is 5.77. The van der Waals surface area contributed by atoms with Crippen molar-refractivity contribution in [2.24, 2.45) is 0 Å². The molecule has 0 amide bonds. The number of hydrogen-bond donors (Lipinski definition) is 1. The van der Waals surface area contributed by atoms with Gasteiger partial charge in [-0.25, -0.2) is 0 Å². The van der Waals surface area contributed by atoms with Crippen LogP contribution in [0.2, 0.25) is 10.4 Å². The highest BCUT2D eigenvalue weighted by Crippen LogP contribution is 2.38. The monoisotopic (exact) mass is 218 g/mol. The van der Waals surface area contributed by atoms with E-state index in [1.165, 1.54) is 0 Å². The standard InChI is InChI=1S/C7H8Cl2N4/c1-7(2-3-7)11-5-4(8)12-13-6(9)10-5/h2-3H2,1H3,(H,10,11,13). The van der Waals surface area contributed by atoms with Crippen molar-refractivity contribution in [2.45, 2.75) is 25.3 Å². The van der Waals surface area contributed by atoms with Crippen LogP contribution in [0.4, 0.5) is 5.82 Å². The molecule has 6 heteroatoms. The first kappa shape index (κ1) is 8.97. The van der Waals surface area contributed by atoms with Crippen molar-refractivity contribution in [3.8, 4) is 0 Å². The van der Waals surface area contributed by atoms with Gasteiger partial charge in [0.2, 0.25) is 5.28 Å². The van der Waals surface area contributed by atoms with E-state index in [2.05, 4.69) is 27.4 Å². The molecule has 0 unspecified atom stereocenters. The Kier molecular flexibility index (Phi) is 2.04. The molecule has 0 saturated heterocycles. The molecule has 1 aromatic rings. The molecule has 0 atom stereocenters. The highest BCUT2D eigenvalue weighted by Gasteiger charge is 2.38. The lowest BCUT2D eigenvalue weighted by atomic mass is 10.3. The lowest BCUT2D eigenvalue weighted by molar-refractivity contribution is 0.811. The van der Waals surface area contributed by atoms with Gasteiger partial charge in [-0.3, -0.25) is 0 Å². The van der Waals surface area contributed by atoms with E-state index in [0.29, 0.717) is 5.82 Å². The molecule has 0 aliphatic heterocycles. The highest BCUT2D eigenvalue weighted by molar-refractivity contribution is 6.32. The van der Waals surface area contributed by atoms with E-state index in [-0.39, 0.29) is 16.0 Å². The fourth-order valence-electron chi connectivity index (χ4n) is 0.971. The van der Waals surface area contributed by atoms with Gasteiger partial charge in [0.1, 0.15) is 0 Å². The molecule has 1 aliphatic rings. The summed E-state index contributed by atoms with van der Waals surface area (Å²) in [7, 11) is 0. The second-order valence-electron chi connectivity index (χ2n) is 3.41. The Morgan fingerprint density at radius 1 is 1.31 bits per heavy atom. The van der Waals surface area contributed by atoms with Gasteiger partial charge in [-0.05, 0) is 31.4 Å². The summed E-state index contributed by atoms with van der Waals surface area (Å²) in [6.07, 6.45) is 2.23. The first-order chi connectivity index (χ1) is 6.09. The first-order valence-corrected chi connectivity index (χ1v) is 4.69. The fourth-order valence-corrected chi connectivity index (χ4v) is 1.22. The number of aromatic nitrogens is 3. The number of nitrogens with zero attached hydrogens (tertiary/aromatic N) is 3. The van der Waals surface area contributed by atoms with E-state index in [9.17, 15) is 0 Å². The van der Waals surface area contributed by atoms with E-state index in [1.807, 2.05) is 0 Å². The minimum atomic E-state index is 0.108. The summed E-state index contributed by atoms with van der Waals surface area (Å²) in [5.74, 6) is 0.515. The lowest BCUT2D eigenvalue weighted by Gasteiger charge is -2.11. The molecule has 1 fully saturated rings. The Labute approximate surface area is 85.7 Å². The van der Waals surface area contributed by atoms with Gasteiger partial charge in [-0.15, -0.1) is 10.2 Å². The first-order valence-electron chi connectivity index (χ1n) is 3.93. The second kappa shape index (κ2) is 2.96. The van der Waals surface area contributed by atoms with Crippen LogP contribution in [0.5, 0.6) is 0 Å². The molecule has 13 heavy (non-hydrogen) atoms. The van der Waals surface area contributed by atoms with Crippen LogP contribution in [-0.4, -0.2) is 20.7 Å². The van der Waals surface area contributed by atoms with Gasteiger partial charge in [0.15, 0.2) is 11.0 Å². The summed E-state index contributed by atoms with van der Waals surface area (Å²) in [5.41, 5.74) is 0.114. The lowest BCUT2D eigenvalue weighted by Crippen LogP contribution is -2.17. The normalized spacial score (nSPS) is 18.4. The number of nitrogens with one attached hydrogen (secondary N) is 1. The zero-order valence-corrected chi connectivity index (χ0v) is 8.52. The summed E-state index contributed by atoms with van der Waals surface area (Å²) in [6.45, 7) is 2.10. The summed E-state index contributed by atoms with van der Waals surface area (Å²) in [4.78, 5) is 3.95. The van der Waals surface area contributed by atoms with Crippen LogP contribution in [0.25, 0.3) is 0 Å². The number of halogens is 2. The van der Waals surface area contributed by atoms with Crippen molar-refractivity contribution in [3.05, 3.63) is 10.4 Å². The third-order valence-corrected chi connectivity index (χ3v) is 2.45. The van der Waals surface area contributed by atoms with Crippen molar-refractivity contribution < 1.29 is 0 Å². The summed E-state index contributed by atoms with van der Waals surface area (Å²) in [6, 6.07) is 0. The number of rotatable bonds is 2. The molecular formula is C7H8Cl2N4. The Bertz CT molecular complexity index is 337. The molecule has 1 saturated carbocycles. The summed E-state index contributed by atoms with van der Waals surface area (Å²) in [5, 5.41) is 10.7. The van der Waals surface area contributed by atoms with E-state index in [1.54, 1.807) is 0 Å². The molecule has 2 rings (SSSR count). The molecule has 0 radical (unpaired) electrons. The van der Waals surface area contributed by atoms with Crippen molar-refractivity contribution in [3.63, 3.8) is 0 Å². The molecule has 4 nitrogen and oxygen atoms in total. The van der Waals surface area contributed by atoms with Crippen molar-refractivity contribution in [1.29, 1.82) is 0 Å². The minimum Gasteiger partial charge on any atom is -0.362 e. The van der Waals surface area contributed by atoms with Gasteiger partial charge in [-0.1, -0.05) is 11.6 Å². The molecular weight excluding hydrogens is 211 g/mol. The maximum Gasteiger partial charge on any atom is 0.245 e. The predicted molar refractivity (Wildman–Crippen MR) is 51.1 cm³/mol. The van der Waals surface area contributed by atoms with Gasteiger partial charge >= 0.3 is 0 Å². The van der Waals surface area contributed by atoms with Crippen molar-refractivity contribution >= 4 is 29.0 Å². The number of anilines is 1. The topological polar surface area (TPSA) is 50.7 Å². The fraction of sp³-hybridized carbons (Fsp3) is 0.571. The minimum absolute atomic E-state index is 0.108. The van der Waals surface area contributed by atoms with Crippen LogP contribution in [0, 0.1) is 0 Å². The zero-order valence-electron chi connectivity index (χ0n) is 7.01.